The minimum absolute atomic E-state index is 0. The number of methoxy groups -OCH3 is 1. The quantitative estimate of drug-likeness (QED) is 0.391. The summed E-state index contributed by atoms with van der Waals surface area (Å²) in [5.41, 5.74) is 1.92. The molecule has 0 atom stereocenters. The molecule has 0 bridgehead atoms. The summed E-state index contributed by atoms with van der Waals surface area (Å²) in [6.45, 7) is 6.94. The van der Waals surface area contributed by atoms with Gasteiger partial charge >= 0.3 is 0 Å². The van der Waals surface area contributed by atoms with E-state index in [2.05, 4.69) is 10.2 Å². The van der Waals surface area contributed by atoms with Gasteiger partial charge in [0.25, 0.3) is 0 Å². The van der Waals surface area contributed by atoms with Crippen LogP contribution in [0.4, 0.5) is 0 Å². The van der Waals surface area contributed by atoms with Gasteiger partial charge in [-0.15, -0.1) is 0 Å². The predicted molar refractivity (Wildman–Crippen MR) is 117 cm³/mol. The SMILES string of the molecule is COc1cc(CNCCCN2CCOCC2)ccc1OCc1c(Cl)cccc1Cl.[Cl-].[Cl-]. The minimum atomic E-state index is 0. The van der Waals surface area contributed by atoms with E-state index in [-0.39, 0.29) is 31.4 Å². The third kappa shape index (κ3) is 8.85. The lowest BCUT2D eigenvalue weighted by Crippen LogP contribution is -3.00. The third-order valence-corrected chi connectivity index (χ3v) is 5.63. The van der Waals surface area contributed by atoms with Crippen LogP contribution in [0.2, 0.25) is 10.0 Å². The van der Waals surface area contributed by atoms with Crippen molar-refractivity contribution < 1.29 is 39.0 Å². The van der Waals surface area contributed by atoms with Crippen molar-refractivity contribution in [2.75, 3.05) is 46.5 Å². The highest BCUT2D eigenvalue weighted by molar-refractivity contribution is 6.35. The highest BCUT2D eigenvalue weighted by Crippen LogP contribution is 2.31. The highest BCUT2D eigenvalue weighted by atomic mass is 35.5. The van der Waals surface area contributed by atoms with Crippen molar-refractivity contribution >= 4 is 23.2 Å². The topological polar surface area (TPSA) is 43.0 Å². The average molecular weight is 510 g/mol. The summed E-state index contributed by atoms with van der Waals surface area (Å²) in [4.78, 5) is 2.45. The maximum Gasteiger partial charge on any atom is 0.161 e. The fourth-order valence-corrected chi connectivity index (χ4v) is 3.75. The Morgan fingerprint density at radius 1 is 1.03 bits per heavy atom. The van der Waals surface area contributed by atoms with Crippen LogP contribution in [0, 0.1) is 0 Å². The van der Waals surface area contributed by atoms with Crippen LogP contribution in [-0.4, -0.2) is 51.4 Å². The standard InChI is InChI=1S/C22H28Cl2N2O3.2ClH/c1-27-22-14-17(15-25-8-3-9-26-10-12-28-13-11-26)6-7-21(22)29-16-18-19(23)4-2-5-20(18)24;;/h2,4-7,14,25H,3,8-13,15-16H2,1H3;2*1H/p-2. The van der Waals surface area contributed by atoms with Gasteiger partial charge in [0.1, 0.15) is 6.61 Å². The van der Waals surface area contributed by atoms with Gasteiger partial charge in [-0.2, -0.15) is 0 Å². The van der Waals surface area contributed by atoms with E-state index in [0.717, 1.165) is 63.5 Å². The van der Waals surface area contributed by atoms with Crippen molar-refractivity contribution in [3.8, 4) is 11.5 Å². The van der Waals surface area contributed by atoms with E-state index < -0.39 is 0 Å². The molecule has 5 nitrogen and oxygen atoms in total. The summed E-state index contributed by atoms with van der Waals surface area (Å²) in [5.74, 6) is 1.36. The first kappa shape index (κ1) is 28.1. The number of nitrogens with zero attached hydrogens (tertiary/aromatic N) is 1. The summed E-state index contributed by atoms with van der Waals surface area (Å²) in [6, 6.07) is 11.4. The number of ether oxygens (including phenoxy) is 3. The number of hydrogen-bond acceptors (Lipinski definition) is 5. The molecule has 1 aliphatic heterocycles. The molecular weight excluding hydrogens is 482 g/mol. The second-order valence-corrected chi connectivity index (χ2v) is 7.77. The summed E-state index contributed by atoms with van der Waals surface area (Å²) in [7, 11) is 1.64. The summed E-state index contributed by atoms with van der Waals surface area (Å²) in [5, 5.41) is 4.68. The first-order valence-corrected chi connectivity index (χ1v) is 10.7. The Hall–Kier alpha value is -0.920. The van der Waals surface area contributed by atoms with Crippen LogP contribution in [0.15, 0.2) is 36.4 Å². The molecular formula is C22H28Cl4N2O3-2. The molecule has 2 aromatic rings. The Labute approximate surface area is 207 Å². The van der Waals surface area contributed by atoms with Gasteiger partial charge in [-0.25, -0.2) is 0 Å². The Morgan fingerprint density at radius 2 is 1.74 bits per heavy atom. The van der Waals surface area contributed by atoms with Crippen LogP contribution < -0.4 is 39.6 Å². The average Bonchev–Trinajstić information content (AvgIpc) is 2.74. The number of morpholine rings is 1. The molecule has 174 valence electrons. The smallest absolute Gasteiger partial charge is 0.161 e. The number of hydrogen-bond donors (Lipinski definition) is 1. The van der Waals surface area contributed by atoms with E-state index in [1.165, 1.54) is 0 Å². The van der Waals surface area contributed by atoms with Crippen molar-refractivity contribution in [2.24, 2.45) is 0 Å². The summed E-state index contributed by atoms with van der Waals surface area (Å²) in [6.07, 6.45) is 1.12. The predicted octanol–water partition coefficient (Wildman–Crippen LogP) is -1.60. The lowest BCUT2D eigenvalue weighted by molar-refractivity contribution is -0.00100. The first-order valence-electron chi connectivity index (χ1n) is 9.91. The molecule has 3 rings (SSSR count). The van der Waals surface area contributed by atoms with E-state index in [1.807, 2.05) is 24.3 Å². The molecule has 0 amide bonds. The van der Waals surface area contributed by atoms with Gasteiger partial charge in [-0.1, -0.05) is 35.3 Å². The van der Waals surface area contributed by atoms with Gasteiger partial charge in [-0.3, -0.25) is 4.90 Å². The third-order valence-electron chi connectivity index (χ3n) is 4.92. The van der Waals surface area contributed by atoms with Crippen molar-refractivity contribution in [3.63, 3.8) is 0 Å². The molecule has 0 radical (unpaired) electrons. The summed E-state index contributed by atoms with van der Waals surface area (Å²) >= 11 is 12.4. The van der Waals surface area contributed by atoms with Crippen LogP contribution in [0.1, 0.15) is 17.5 Å². The summed E-state index contributed by atoms with van der Waals surface area (Å²) < 4.78 is 16.8. The van der Waals surface area contributed by atoms with Crippen LogP contribution in [0.25, 0.3) is 0 Å². The van der Waals surface area contributed by atoms with Crippen LogP contribution in [-0.2, 0) is 17.9 Å². The van der Waals surface area contributed by atoms with Crippen molar-refractivity contribution in [2.45, 2.75) is 19.6 Å². The van der Waals surface area contributed by atoms with E-state index >= 15 is 0 Å². The fourth-order valence-electron chi connectivity index (χ4n) is 3.25. The van der Waals surface area contributed by atoms with E-state index in [0.29, 0.717) is 21.5 Å². The molecule has 1 fully saturated rings. The Kier molecular flexibility index (Phi) is 13.6. The second-order valence-electron chi connectivity index (χ2n) is 6.96. The van der Waals surface area contributed by atoms with Crippen molar-refractivity contribution in [1.29, 1.82) is 0 Å². The minimum Gasteiger partial charge on any atom is -1.00 e. The van der Waals surface area contributed by atoms with Crippen molar-refractivity contribution in [1.82, 2.24) is 10.2 Å². The van der Waals surface area contributed by atoms with Crippen molar-refractivity contribution in [3.05, 3.63) is 57.6 Å². The zero-order valence-electron chi connectivity index (χ0n) is 17.5. The van der Waals surface area contributed by atoms with E-state index in [4.69, 9.17) is 37.4 Å². The molecule has 1 aliphatic rings. The second kappa shape index (κ2) is 15.0. The molecule has 31 heavy (non-hydrogen) atoms. The van der Waals surface area contributed by atoms with Crippen LogP contribution in [0.3, 0.4) is 0 Å². The molecule has 0 aliphatic carbocycles. The number of nitrogens with one attached hydrogen (secondary N) is 1. The van der Waals surface area contributed by atoms with Gasteiger partial charge in [-0.05, 0) is 49.3 Å². The van der Waals surface area contributed by atoms with Gasteiger partial charge in [0.15, 0.2) is 11.5 Å². The number of halogens is 4. The molecule has 9 heteroatoms. The molecule has 0 spiro atoms. The first-order chi connectivity index (χ1) is 14.2. The lowest BCUT2D eigenvalue weighted by Gasteiger charge is -2.26. The Morgan fingerprint density at radius 3 is 2.42 bits per heavy atom. The Balaban J connectivity index is 0.00000240. The molecule has 1 saturated heterocycles. The number of benzene rings is 2. The maximum absolute atomic E-state index is 6.21. The largest absolute Gasteiger partial charge is 1.00 e. The molecule has 1 heterocycles. The van der Waals surface area contributed by atoms with Gasteiger partial charge < -0.3 is 44.3 Å². The van der Waals surface area contributed by atoms with Crippen LogP contribution >= 0.6 is 23.2 Å². The molecule has 2 aromatic carbocycles. The Bertz CT molecular complexity index is 769. The fraction of sp³-hybridized carbons (Fsp3) is 0.455. The zero-order chi connectivity index (χ0) is 20.5. The van der Waals surface area contributed by atoms with Gasteiger partial charge in [0.2, 0.25) is 0 Å². The molecule has 1 N–H and O–H groups in total. The normalized spacial score (nSPS) is 13.8. The maximum atomic E-state index is 6.21. The molecule has 0 aromatic heterocycles. The van der Waals surface area contributed by atoms with Gasteiger partial charge in [0.05, 0.1) is 20.3 Å². The van der Waals surface area contributed by atoms with E-state index in [9.17, 15) is 0 Å². The highest BCUT2D eigenvalue weighted by Gasteiger charge is 2.11. The molecule has 0 unspecified atom stereocenters. The van der Waals surface area contributed by atoms with E-state index in [1.54, 1.807) is 19.2 Å². The molecule has 0 saturated carbocycles. The lowest BCUT2D eigenvalue weighted by atomic mass is 10.2. The van der Waals surface area contributed by atoms with Crippen LogP contribution in [0.5, 0.6) is 11.5 Å². The monoisotopic (exact) mass is 508 g/mol. The number of rotatable bonds is 10. The van der Waals surface area contributed by atoms with Gasteiger partial charge in [0, 0.05) is 35.2 Å². The zero-order valence-corrected chi connectivity index (χ0v) is 20.5.